The highest BCUT2D eigenvalue weighted by Crippen LogP contribution is 2.39. The van der Waals surface area contributed by atoms with E-state index in [0.29, 0.717) is 17.0 Å². The summed E-state index contributed by atoms with van der Waals surface area (Å²) in [7, 11) is 0. The molecule has 1 heterocycles. The second-order valence-electron chi connectivity index (χ2n) is 4.60. The lowest BCUT2D eigenvalue weighted by molar-refractivity contribution is -0.139. The van der Waals surface area contributed by atoms with Gasteiger partial charge in [0.05, 0.1) is 17.0 Å². The molecule has 0 fully saturated rings. The Balaban J connectivity index is 2.74. The van der Waals surface area contributed by atoms with Crippen LogP contribution in [0, 0.1) is 5.82 Å². The molecule has 2 N–H and O–H groups in total. The molecule has 0 radical (unpaired) electrons. The van der Waals surface area contributed by atoms with E-state index < -0.39 is 29.7 Å². The molecule has 9 heteroatoms. The number of nitrogens with zero attached hydrogens (tertiary/aromatic N) is 2. The number of carboxylic acid groups (broad SMARTS) is 1. The van der Waals surface area contributed by atoms with Crippen molar-refractivity contribution in [2.75, 3.05) is 4.90 Å². The minimum atomic E-state index is -4.96. The van der Waals surface area contributed by atoms with Crippen LogP contribution in [0.3, 0.4) is 0 Å². The molecule has 1 unspecified atom stereocenters. The average Bonchev–Trinajstić information content (AvgIpc) is 2.35. The third kappa shape index (κ3) is 2.50. The minimum Gasteiger partial charge on any atom is -0.465 e. The molecule has 0 spiro atoms. The Kier molecular flexibility index (Phi) is 3.52. The lowest BCUT2D eigenvalue weighted by atomic mass is 9.93. The van der Waals surface area contributed by atoms with Gasteiger partial charge in [0, 0.05) is 18.0 Å². The third-order valence-corrected chi connectivity index (χ3v) is 3.22. The van der Waals surface area contributed by atoms with Crippen molar-refractivity contribution < 1.29 is 32.7 Å². The van der Waals surface area contributed by atoms with Gasteiger partial charge in [-0.05, 0) is 19.1 Å². The van der Waals surface area contributed by atoms with Gasteiger partial charge in [-0.25, -0.2) is 9.18 Å². The molecule has 0 aliphatic carbocycles. The van der Waals surface area contributed by atoms with Crippen LogP contribution in [-0.4, -0.2) is 28.2 Å². The Bertz CT molecular complexity index is 628. The van der Waals surface area contributed by atoms with Gasteiger partial charge in [-0.3, -0.25) is 4.90 Å². The topological polar surface area (TPSA) is 73.1 Å². The molecule has 1 aliphatic heterocycles. The van der Waals surface area contributed by atoms with E-state index in [0.717, 1.165) is 0 Å². The number of amides is 1. The van der Waals surface area contributed by atoms with Crippen LogP contribution in [0.25, 0.3) is 0 Å². The van der Waals surface area contributed by atoms with E-state index in [-0.39, 0.29) is 23.4 Å². The standard InChI is InChI=1S/C12H10F4N2O3/c1-5-2-9(17-21)6-3-8(13)7(12(14,15)16)4-10(6)18(5)11(19)20/h3-5,21H,2H2,1H3,(H,19,20)/b17-9-. The van der Waals surface area contributed by atoms with E-state index in [2.05, 4.69) is 5.16 Å². The predicted molar refractivity (Wildman–Crippen MR) is 64.3 cm³/mol. The predicted octanol–water partition coefficient (Wildman–Crippen LogP) is 3.30. The molecule has 1 atom stereocenters. The third-order valence-electron chi connectivity index (χ3n) is 3.22. The number of hydrogen-bond donors (Lipinski definition) is 2. The Morgan fingerprint density at radius 1 is 1.43 bits per heavy atom. The number of benzene rings is 1. The molecule has 1 aromatic rings. The summed E-state index contributed by atoms with van der Waals surface area (Å²) >= 11 is 0. The van der Waals surface area contributed by atoms with E-state index in [9.17, 15) is 22.4 Å². The fraction of sp³-hybridized carbons (Fsp3) is 0.333. The lowest BCUT2D eigenvalue weighted by Crippen LogP contribution is -2.43. The normalized spacial score (nSPS) is 20.5. The molecule has 1 aliphatic rings. The van der Waals surface area contributed by atoms with Gasteiger partial charge >= 0.3 is 12.3 Å². The fourth-order valence-electron chi connectivity index (χ4n) is 2.31. The Hall–Kier alpha value is -2.32. The first-order valence-electron chi connectivity index (χ1n) is 5.81. The maximum absolute atomic E-state index is 13.6. The second-order valence-corrected chi connectivity index (χ2v) is 4.60. The van der Waals surface area contributed by atoms with Gasteiger partial charge in [0.2, 0.25) is 0 Å². The molecule has 21 heavy (non-hydrogen) atoms. The van der Waals surface area contributed by atoms with Gasteiger partial charge in [-0.2, -0.15) is 13.2 Å². The molecule has 114 valence electrons. The van der Waals surface area contributed by atoms with Crippen molar-refractivity contribution in [2.45, 2.75) is 25.6 Å². The summed E-state index contributed by atoms with van der Waals surface area (Å²) in [6.07, 6.45) is -6.47. The Morgan fingerprint density at radius 2 is 2.05 bits per heavy atom. The van der Waals surface area contributed by atoms with Crippen LogP contribution in [0.5, 0.6) is 0 Å². The summed E-state index contributed by atoms with van der Waals surface area (Å²) < 4.78 is 51.8. The second kappa shape index (κ2) is 4.90. The van der Waals surface area contributed by atoms with Crippen LogP contribution in [-0.2, 0) is 6.18 Å². The molecule has 1 aromatic carbocycles. The van der Waals surface area contributed by atoms with Crippen LogP contribution >= 0.6 is 0 Å². The number of hydrogen-bond acceptors (Lipinski definition) is 3. The van der Waals surface area contributed by atoms with Crippen molar-refractivity contribution in [1.82, 2.24) is 0 Å². The number of halogens is 4. The summed E-state index contributed by atoms with van der Waals surface area (Å²) in [4.78, 5) is 11.9. The van der Waals surface area contributed by atoms with Gasteiger partial charge in [0.1, 0.15) is 5.82 Å². The summed E-state index contributed by atoms with van der Waals surface area (Å²) in [6.45, 7) is 1.44. The van der Waals surface area contributed by atoms with Gasteiger partial charge in [0.25, 0.3) is 0 Å². The van der Waals surface area contributed by atoms with Crippen molar-refractivity contribution in [1.29, 1.82) is 0 Å². The van der Waals surface area contributed by atoms with Gasteiger partial charge in [-0.15, -0.1) is 0 Å². The molecular formula is C12H10F4N2O3. The van der Waals surface area contributed by atoms with Crippen molar-refractivity contribution in [3.8, 4) is 0 Å². The van der Waals surface area contributed by atoms with Crippen LogP contribution in [0.1, 0.15) is 24.5 Å². The quantitative estimate of drug-likeness (QED) is 0.439. The number of carbonyl (C=O) groups is 1. The Labute approximate surface area is 116 Å². The number of oxime groups is 1. The van der Waals surface area contributed by atoms with E-state index >= 15 is 0 Å². The van der Waals surface area contributed by atoms with Crippen LogP contribution < -0.4 is 4.90 Å². The zero-order valence-corrected chi connectivity index (χ0v) is 10.6. The highest BCUT2D eigenvalue weighted by Gasteiger charge is 2.39. The van der Waals surface area contributed by atoms with Crippen molar-refractivity contribution in [3.05, 3.63) is 29.1 Å². The largest absolute Gasteiger partial charge is 0.465 e. The average molecular weight is 306 g/mol. The van der Waals surface area contributed by atoms with E-state index in [1.54, 1.807) is 0 Å². The van der Waals surface area contributed by atoms with Crippen molar-refractivity contribution in [3.63, 3.8) is 0 Å². The van der Waals surface area contributed by atoms with E-state index in [1.807, 2.05) is 0 Å². The zero-order chi connectivity index (χ0) is 15.9. The lowest BCUT2D eigenvalue weighted by Gasteiger charge is -2.33. The van der Waals surface area contributed by atoms with Gasteiger partial charge < -0.3 is 10.3 Å². The van der Waals surface area contributed by atoms with Crippen LogP contribution in [0.15, 0.2) is 17.3 Å². The zero-order valence-electron chi connectivity index (χ0n) is 10.6. The molecular weight excluding hydrogens is 296 g/mol. The van der Waals surface area contributed by atoms with Crippen molar-refractivity contribution in [2.24, 2.45) is 5.16 Å². The monoisotopic (exact) mass is 306 g/mol. The first-order valence-corrected chi connectivity index (χ1v) is 5.81. The minimum absolute atomic E-state index is 0.0411. The number of anilines is 1. The maximum Gasteiger partial charge on any atom is 0.419 e. The molecule has 2 rings (SSSR count). The van der Waals surface area contributed by atoms with Gasteiger partial charge in [-0.1, -0.05) is 5.16 Å². The number of fused-ring (bicyclic) bond motifs is 1. The smallest absolute Gasteiger partial charge is 0.419 e. The summed E-state index contributed by atoms with van der Waals surface area (Å²) in [5.41, 5.74) is -2.17. The van der Waals surface area contributed by atoms with E-state index in [4.69, 9.17) is 10.3 Å². The first kappa shape index (κ1) is 15.1. The number of alkyl halides is 3. The maximum atomic E-state index is 13.6. The summed E-state index contributed by atoms with van der Waals surface area (Å²) in [5.74, 6) is -1.55. The molecule has 0 saturated carbocycles. The number of rotatable bonds is 0. The van der Waals surface area contributed by atoms with Crippen LogP contribution in [0.2, 0.25) is 0 Å². The summed E-state index contributed by atoms with van der Waals surface area (Å²) in [5, 5.41) is 20.9. The van der Waals surface area contributed by atoms with Crippen LogP contribution in [0.4, 0.5) is 28.0 Å². The molecule has 0 saturated heterocycles. The SMILES string of the molecule is CC1C/C(=N/O)c2cc(F)c(C(F)(F)F)cc2N1C(=O)O. The summed E-state index contributed by atoms with van der Waals surface area (Å²) in [6, 6.07) is 0.210. The molecule has 5 nitrogen and oxygen atoms in total. The highest BCUT2D eigenvalue weighted by molar-refractivity contribution is 6.10. The highest BCUT2D eigenvalue weighted by atomic mass is 19.4. The molecule has 0 bridgehead atoms. The first-order chi connectivity index (χ1) is 9.66. The van der Waals surface area contributed by atoms with Gasteiger partial charge in [0.15, 0.2) is 0 Å². The van der Waals surface area contributed by atoms with Crippen molar-refractivity contribution >= 4 is 17.5 Å². The van der Waals surface area contributed by atoms with E-state index in [1.165, 1.54) is 6.92 Å². The fourth-order valence-corrected chi connectivity index (χ4v) is 2.31. The Morgan fingerprint density at radius 3 is 2.52 bits per heavy atom. The molecule has 1 amide bonds. The molecule has 0 aromatic heterocycles.